The van der Waals surface area contributed by atoms with E-state index in [4.69, 9.17) is 0 Å². The first-order valence-electron chi connectivity index (χ1n) is 9.52. The van der Waals surface area contributed by atoms with Crippen LogP contribution in [0, 0.1) is 5.82 Å². The van der Waals surface area contributed by atoms with Crippen molar-refractivity contribution >= 4 is 22.4 Å². The highest BCUT2D eigenvalue weighted by molar-refractivity contribution is 5.91. The first kappa shape index (κ1) is 19.9. The predicted molar refractivity (Wildman–Crippen MR) is 112 cm³/mol. The van der Waals surface area contributed by atoms with Crippen molar-refractivity contribution in [2.75, 3.05) is 0 Å². The monoisotopic (exact) mass is 380 g/mol. The van der Waals surface area contributed by atoms with Crippen LogP contribution in [0.5, 0.6) is 0 Å². The zero-order valence-electron chi connectivity index (χ0n) is 16.1. The molecular weight excluding hydrogens is 357 g/mol. The number of rotatable bonds is 6. The van der Waals surface area contributed by atoms with Gasteiger partial charge in [0.25, 0.3) is 0 Å². The van der Waals surface area contributed by atoms with Gasteiger partial charge in [-0.1, -0.05) is 67.6 Å². The van der Waals surface area contributed by atoms with E-state index in [0.29, 0.717) is 5.39 Å². The van der Waals surface area contributed by atoms with E-state index in [2.05, 4.69) is 6.08 Å². The van der Waals surface area contributed by atoms with Gasteiger partial charge in [0.2, 0.25) is 0 Å². The molecule has 0 aliphatic heterocycles. The number of aryl methyl sites for hydroxylation is 2. The standard InChI is InChI=1S/C25H23F3/c1-3-5-6-7-18-10-14-21-20(16-18)13-15-22(24(21)27)25(28)23(26)19-11-8-17(4-2)9-12-19/h3,5,8-16H,4,6-7H2,1-2H3/b5-3+,25-23?. The van der Waals surface area contributed by atoms with E-state index < -0.39 is 17.5 Å². The van der Waals surface area contributed by atoms with E-state index in [0.717, 1.165) is 30.4 Å². The normalized spacial score (nSPS) is 12.6. The van der Waals surface area contributed by atoms with Crippen molar-refractivity contribution in [3.8, 4) is 0 Å². The Bertz CT molecular complexity index is 1030. The molecule has 3 heteroatoms. The minimum Gasteiger partial charge on any atom is -0.206 e. The molecule has 0 nitrogen and oxygen atoms in total. The Labute approximate surface area is 164 Å². The highest BCUT2D eigenvalue weighted by Crippen LogP contribution is 2.33. The second-order valence-corrected chi connectivity index (χ2v) is 6.77. The first-order valence-corrected chi connectivity index (χ1v) is 9.52. The van der Waals surface area contributed by atoms with Crippen molar-refractivity contribution in [1.29, 1.82) is 0 Å². The highest BCUT2D eigenvalue weighted by atomic mass is 19.2. The van der Waals surface area contributed by atoms with E-state index in [1.165, 1.54) is 18.2 Å². The maximum absolute atomic E-state index is 14.9. The van der Waals surface area contributed by atoms with Crippen molar-refractivity contribution < 1.29 is 13.2 Å². The van der Waals surface area contributed by atoms with Crippen LogP contribution < -0.4 is 0 Å². The summed E-state index contributed by atoms with van der Waals surface area (Å²) in [4.78, 5) is 0. The fourth-order valence-corrected chi connectivity index (χ4v) is 3.21. The SMILES string of the molecule is C/C=C/CCc1ccc2c(F)c(C(F)=C(F)c3ccc(CC)cc3)ccc2c1. The molecule has 0 radical (unpaired) electrons. The molecule has 3 rings (SSSR count). The van der Waals surface area contributed by atoms with Crippen LogP contribution in [0.15, 0.2) is 66.7 Å². The predicted octanol–water partition coefficient (Wildman–Crippen LogP) is 7.81. The molecule has 0 saturated carbocycles. The number of benzene rings is 3. The molecule has 0 aliphatic carbocycles. The maximum Gasteiger partial charge on any atom is 0.169 e. The molecule has 0 spiro atoms. The molecule has 3 aromatic carbocycles. The van der Waals surface area contributed by atoms with Crippen LogP contribution in [0.25, 0.3) is 22.4 Å². The van der Waals surface area contributed by atoms with Gasteiger partial charge in [-0.2, -0.15) is 0 Å². The van der Waals surface area contributed by atoms with Gasteiger partial charge < -0.3 is 0 Å². The Morgan fingerprint density at radius 2 is 1.61 bits per heavy atom. The zero-order valence-corrected chi connectivity index (χ0v) is 16.1. The third-order valence-electron chi connectivity index (χ3n) is 4.90. The molecule has 0 heterocycles. The second kappa shape index (κ2) is 8.92. The van der Waals surface area contributed by atoms with Crippen molar-refractivity contribution in [3.05, 3.63) is 94.8 Å². The summed E-state index contributed by atoms with van der Waals surface area (Å²) in [6.07, 6.45) is 6.63. The Balaban J connectivity index is 1.97. The van der Waals surface area contributed by atoms with Gasteiger partial charge in [-0.05, 0) is 48.8 Å². The molecule has 144 valence electrons. The minimum atomic E-state index is -1.18. The van der Waals surface area contributed by atoms with Gasteiger partial charge in [-0.15, -0.1) is 0 Å². The highest BCUT2D eigenvalue weighted by Gasteiger charge is 2.17. The summed E-state index contributed by atoms with van der Waals surface area (Å²) in [5, 5.41) is 0.969. The van der Waals surface area contributed by atoms with E-state index in [-0.39, 0.29) is 16.5 Å². The van der Waals surface area contributed by atoms with Crippen molar-refractivity contribution in [3.63, 3.8) is 0 Å². The lowest BCUT2D eigenvalue weighted by Crippen LogP contribution is -1.93. The summed E-state index contributed by atoms with van der Waals surface area (Å²) in [6, 6.07) is 14.8. The smallest absolute Gasteiger partial charge is 0.169 e. The lowest BCUT2D eigenvalue weighted by atomic mass is 10.00. The first-order chi connectivity index (χ1) is 13.5. The molecular formula is C25H23F3. The van der Waals surface area contributed by atoms with E-state index >= 15 is 0 Å². The average molecular weight is 380 g/mol. The quantitative estimate of drug-likeness (QED) is 0.302. The average Bonchev–Trinajstić information content (AvgIpc) is 2.73. The Morgan fingerprint density at radius 1 is 0.893 bits per heavy atom. The van der Waals surface area contributed by atoms with E-state index in [1.807, 2.05) is 32.1 Å². The molecule has 28 heavy (non-hydrogen) atoms. The summed E-state index contributed by atoms with van der Waals surface area (Å²) < 4.78 is 44.2. The van der Waals surface area contributed by atoms with Gasteiger partial charge >= 0.3 is 0 Å². The van der Waals surface area contributed by atoms with Crippen LogP contribution in [0.1, 0.15) is 42.5 Å². The maximum atomic E-state index is 14.9. The summed E-state index contributed by atoms with van der Waals surface area (Å²) in [7, 11) is 0. The van der Waals surface area contributed by atoms with Gasteiger partial charge in [0.15, 0.2) is 11.7 Å². The molecule has 0 saturated heterocycles. The Hall–Kier alpha value is -2.81. The molecule has 0 N–H and O–H groups in total. The number of allylic oxidation sites excluding steroid dienone is 2. The molecule has 0 amide bonds. The molecule has 0 unspecified atom stereocenters. The largest absolute Gasteiger partial charge is 0.206 e. The van der Waals surface area contributed by atoms with Crippen LogP contribution >= 0.6 is 0 Å². The minimum absolute atomic E-state index is 0.105. The summed E-state index contributed by atoms with van der Waals surface area (Å²) >= 11 is 0. The van der Waals surface area contributed by atoms with Gasteiger partial charge in [0, 0.05) is 16.5 Å². The molecule has 0 fully saturated rings. The van der Waals surface area contributed by atoms with Crippen molar-refractivity contribution in [2.45, 2.75) is 33.1 Å². The zero-order chi connectivity index (χ0) is 20.1. The van der Waals surface area contributed by atoms with Gasteiger partial charge in [-0.3, -0.25) is 0 Å². The molecule has 0 aliphatic rings. The van der Waals surface area contributed by atoms with Gasteiger partial charge in [0.05, 0.1) is 0 Å². The summed E-state index contributed by atoms with van der Waals surface area (Å²) in [5.41, 5.74) is 1.86. The Morgan fingerprint density at radius 3 is 2.29 bits per heavy atom. The lowest BCUT2D eigenvalue weighted by molar-refractivity contribution is 0.622. The van der Waals surface area contributed by atoms with E-state index in [9.17, 15) is 13.2 Å². The van der Waals surface area contributed by atoms with Crippen molar-refractivity contribution in [1.82, 2.24) is 0 Å². The molecule has 3 aromatic rings. The number of hydrogen-bond donors (Lipinski definition) is 0. The van der Waals surface area contributed by atoms with Crippen LogP contribution in [0.3, 0.4) is 0 Å². The molecule has 0 bridgehead atoms. The number of halogens is 3. The van der Waals surface area contributed by atoms with Crippen LogP contribution in [-0.2, 0) is 12.8 Å². The fourth-order valence-electron chi connectivity index (χ4n) is 3.21. The third-order valence-corrected chi connectivity index (χ3v) is 4.90. The molecule has 0 aromatic heterocycles. The number of fused-ring (bicyclic) bond motifs is 1. The van der Waals surface area contributed by atoms with Gasteiger partial charge in [0.1, 0.15) is 5.82 Å². The van der Waals surface area contributed by atoms with Crippen LogP contribution in [-0.4, -0.2) is 0 Å². The lowest BCUT2D eigenvalue weighted by Gasteiger charge is -2.08. The van der Waals surface area contributed by atoms with Crippen molar-refractivity contribution in [2.24, 2.45) is 0 Å². The second-order valence-electron chi connectivity index (χ2n) is 6.77. The van der Waals surface area contributed by atoms with Crippen LogP contribution in [0.4, 0.5) is 13.2 Å². The summed E-state index contributed by atoms with van der Waals surface area (Å²) in [5.74, 6) is -2.97. The van der Waals surface area contributed by atoms with E-state index in [1.54, 1.807) is 24.3 Å². The summed E-state index contributed by atoms with van der Waals surface area (Å²) in [6.45, 7) is 3.95. The topological polar surface area (TPSA) is 0 Å². The van der Waals surface area contributed by atoms with Gasteiger partial charge in [-0.25, -0.2) is 13.2 Å². The molecule has 0 atom stereocenters. The Kier molecular flexibility index (Phi) is 6.35. The third kappa shape index (κ3) is 4.19. The van der Waals surface area contributed by atoms with Crippen LogP contribution in [0.2, 0.25) is 0 Å². The number of hydrogen-bond acceptors (Lipinski definition) is 0. The fraction of sp³-hybridized carbons (Fsp3) is 0.200.